The van der Waals surface area contributed by atoms with E-state index < -0.39 is 0 Å². The molecule has 0 bridgehead atoms. The van der Waals surface area contributed by atoms with Crippen molar-refractivity contribution < 1.29 is 13.9 Å². The van der Waals surface area contributed by atoms with Gasteiger partial charge in [-0.05, 0) is 17.7 Å². The number of morpholine rings is 1. The Labute approximate surface area is 129 Å². The number of hydrogen-bond acceptors (Lipinski definition) is 4. The lowest BCUT2D eigenvalue weighted by Crippen LogP contribution is -2.43. The second kappa shape index (κ2) is 7.24. The van der Waals surface area contributed by atoms with Crippen LogP contribution in [0.5, 0.6) is 0 Å². The van der Waals surface area contributed by atoms with E-state index in [1.165, 1.54) is 11.8 Å². The molecule has 3 rings (SSSR count). The van der Waals surface area contributed by atoms with Crippen molar-refractivity contribution in [1.29, 1.82) is 0 Å². The molecule has 1 fully saturated rings. The lowest BCUT2D eigenvalue weighted by atomic mass is 10.0. The van der Waals surface area contributed by atoms with Gasteiger partial charge in [-0.2, -0.15) is 0 Å². The van der Waals surface area contributed by atoms with E-state index in [1.54, 1.807) is 12.1 Å². The highest BCUT2D eigenvalue weighted by molar-refractivity contribution is 5.91. The third kappa shape index (κ3) is 3.55. The van der Waals surface area contributed by atoms with Gasteiger partial charge in [0.25, 0.3) is 5.91 Å². The van der Waals surface area contributed by atoms with Crippen LogP contribution in [0.1, 0.15) is 22.2 Å². The molecule has 22 heavy (non-hydrogen) atoms. The zero-order valence-corrected chi connectivity index (χ0v) is 12.4. The topological polar surface area (TPSA) is 54.7 Å². The van der Waals surface area contributed by atoms with E-state index in [0.717, 1.165) is 26.3 Å². The number of nitrogens with one attached hydrogen (secondary N) is 1. The molecule has 2 aromatic rings. The lowest BCUT2D eigenvalue weighted by Gasteiger charge is -2.34. The van der Waals surface area contributed by atoms with Crippen LogP contribution in [0, 0.1) is 0 Å². The molecule has 0 unspecified atom stereocenters. The van der Waals surface area contributed by atoms with Crippen LogP contribution in [0.25, 0.3) is 0 Å². The zero-order chi connectivity index (χ0) is 15.2. The molecule has 0 radical (unpaired) electrons. The molecule has 5 heteroatoms. The number of benzene rings is 1. The Morgan fingerprint density at radius 1 is 1.14 bits per heavy atom. The summed E-state index contributed by atoms with van der Waals surface area (Å²) in [5, 5.41) is 2.97. The first-order valence-electron chi connectivity index (χ1n) is 7.53. The minimum absolute atomic E-state index is 0.143. The van der Waals surface area contributed by atoms with Crippen LogP contribution < -0.4 is 5.32 Å². The molecule has 1 N–H and O–H groups in total. The van der Waals surface area contributed by atoms with Gasteiger partial charge in [0.2, 0.25) is 0 Å². The van der Waals surface area contributed by atoms with Gasteiger partial charge >= 0.3 is 0 Å². The van der Waals surface area contributed by atoms with Gasteiger partial charge in [-0.1, -0.05) is 30.3 Å². The molecule has 116 valence electrons. The summed E-state index contributed by atoms with van der Waals surface area (Å²) >= 11 is 0. The van der Waals surface area contributed by atoms with Crippen molar-refractivity contribution in [2.75, 3.05) is 32.8 Å². The number of carbonyl (C=O) groups excluding carboxylic acids is 1. The van der Waals surface area contributed by atoms with E-state index in [0.29, 0.717) is 12.3 Å². The summed E-state index contributed by atoms with van der Waals surface area (Å²) in [4.78, 5) is 14.4. The number of carbonyl (C=O) groups is 1. The number of ether oxygens (including phenoxy) is 1. The van der Waals surface area contributed by atoms with Crippen LogP contribution in [0.15, 0.2) is 53.1 Å². The fourth-order valence-corrected chi connectivity index (χ4v) is 2.71. The molecule has 1 saturated heterocycles. The first-order valence-corrected chi connectivity index (χ1v) is 7.53. The first kappa shape index (κ1) is 14.8. The van der Waals surface area contributed by atoms with E-state index in [1.807, 2.05) is 18.2 Å². The lowest BCUT2D eigenvalue weighted by molar-refractivity contribution is 0.0161. The highest BCUT2D eigenvalue weighted by Crippen LogP contribution is 2.21. The molecule has 1 amide bonds. The van der Waals surface area contributed by atoms with Gasteiger partial charge in [0, 0.05) is 19.6 Å². The van der Waals surface area contributed by atoms with E-state index in [-0.39, 0.29) is 11.9 Å². The summed E-state index contributed by atoms with van der Waals surface area (Å²) in [6.45, 7) is 3.75. The summed E-state index contributed by atoms with van der Waals surface area (Å²) < 4.78 is 10.6. The number of nitrogens with zero attached hydrogens (tertiary/aromatic N) is 1. The van der Waals surface area contributed by atoms with Gasteiger partial charge in [0.05, 0.1) is 25.5 Å². The molecule has 0 spiro atoms. The van der Waals surface area contributed by atoms with Crippen molar-refractivity contribution in [3.63, 3.8) is 0 Å². The van der Waals surface area contributed by atoms with Gasteiger partial charge in [0.15, 0.2) is 5.76 Å². The third-order valence-electron chi connectivity index (χ3n) is 3.87. The Hall–Kier alpha value is -2.11. The molecule has 1 aliphatic rings. The van der Waals surface area contributed by atoms with Gasteiger partial charge in [0.1, 0.15) is 0 Å². The number of amides is 1. The van der Waals surface area contributed by atoms with Crippen molar-refractivity contribution in [2.45, 2.75) is 6.04 Å². The standard InChI is InChI=1S/C17H20N2O3/c20-17(16-7-4-10-22-16)18-13-15(14-5-2-1-3-6-14)19-8-11-21-12-9-19/h1-7,10,15H,8-9,11-13H2,(H,18,20)/t15-/m1/s1. The van der Waals surface area contributed by atoms with E-state index in [4.69, 9.17) is 9.15 Å². The second-order valence-corrected chi connectivity index (χ2v) is 5.26. The van der Waals surface area contributed by atoms with Crippen molar-refractivity contribution in [2.24, 2.45) is 0 Å². The number of hydrogen-bond donors (Lipinski definition) is 1. The van der Waals surface area contributed by atoms with Crippen molar-refractivity contribution >= 4 is 5.91 Å². The molecule has 1 atom stereocenters. The highest BCUT2D eigenvalue weighted by atomic mass is 16.5. The quantitative estimate of drug-likeness (QED) is 0.918. The van der Waals surface area contributed by atoms with Crippen LogP contribution in [0.3, 0.4) is 0 Å². The predicted molar refractivity (Wildman–Crippen MR) is 82.6 cm³/mol. The first-order chi connectivity index (χ1) is 10.8. The van der Waals surface area contributed by atoms with E-state index in [9.17, 15) is 4.79 Å². The van der Waals surface area contributed by atoms with Crippen LogP contribution in [0.4, 0.5) is 0 Å². The maximum atomic E-state index is 12.1. The Morgan fingerprint density at radius 2 is 1.91 bits per heavy atom. The predicted octanol–water partition coefficient (Wildman–Crippen LogP) is 2.08. The van der Waals surface area contributed by atoms with Crippen LogP contribution in [-0.4, -0.2) is 43.7 Å². The molecular weight excluding hydrogens is 280 g/mol. The molecule has 0 aliphatic carbocycles. The van der Waals surface area contributed by atoms with Crippen LogP contribution in [-0.2, 0) is 4.74 Å². The van der Waals surface area contributed by atoms with Crippen LogP contribution >= 0.6 is 0 Å². The molecule has 2 heterocycles. The number of furan rings is 1. The van der Waals surface area contributed by atoms with E-state index >= 15 is 0 Å². The summed E-state index contributed by atoms with van der Waals surface area (Å²) in [6, 6.07) is 13.8. The Bertz CT molecular complexity index is 577. The largest absolute Gasteiger partial charge is 0.459 e. The molecule has 0 saturated carbocycles. The SMILES string of the molecule is O=C(NC[C@H](c1ccccc1)N1CCOCC1)c1ccco1. The van der Waals surface area contributed by atoms with Crippen LogP contribution in [0.2, 0.25) is 0 Å². The monoisotopic (exact) mass is 300 g/mol. The van der Waals surface area contributed by atoms with Gasteiger partial charge < -0.3 is 14.5 Å². The molecule has 1 aliphatic heterocycles. The van der Waals surface area contributed by atoms with Gasteiger partial charge in [-0.15, -0.1) is 0 Å². The maximum Gasteiger partial charge on any atom is 0.287 e. The molecule has 1 aromatic heterocycles. The summed E-state index contributed by atoms with van der Waals surface area (Å²) in [5.41, 5.74) is 1.20. The smallest absolute Gasteiger partial charge is 0.287 e. The van der Waals surface area contributed by atoms with Gasteiger partial charge in [-0.25, -0.2) is 0 Å². The second-order valence-electron chi connectivity index (χ2n) is 5.26. The fraction of sp³-hybridized carbons (Fsp3) is 0.353. The summed E-state index contributed by atoms with van der Waals surface area (Å²) in [6.07, 6.45) is 1.51. The number of rotatable bonds is 5. The van der Waals surface area contributed by atoms with Gasteiger partial charge in [-0.3, -0.25) is 9.69 Å². The normalized spacial score (nSPS) is 17.1. The molecule has 1 aromatic carbocycles. The third-order valence-corrected chi connectivity index (χ3v) is 3.87. The minimum Gasteiger partial charge on any atom is -0.459 e. The summed E-state index contributed by atoms with van der Waals surface area (Å²) in [7, 11) is 0. The zero-order valence-electron chi connectivity index (χ0n) is 12.4. The molecular formula is C17H20N2O3. The fourth-order valence-electron chi connectivity index (χ4n) is 2.71. The minimum atomic E-state index is -0.181. The average Bonchev–Trinajstić information content (AvgIpc) is 3.11. The Morgan fingerprint density at radius 3 is 2.59 bits per heavy atom. The van der Waals surface area contributed by atoms with E-state index in [2.05, 4.69) is 22.3 Å². The Kier molecular flexibility index (Phi) is 4.88. The van der Waals surface area contributed by atoms with Crippen molar-refractivity contribution in [1.82, 2.24) is 10.2 Å². The summed E-state index contributed by atoms with van der Waals surface area (Å²) in [5.74, 6) is 0.160. The van der Waals surface area contributed by atoms with Crippen molar-refractivity contribution in [3.05, 3.63) is 60.1 Å². The average molecular weight is 300 g/mol. The highest BCUT2D eigenvalue weighted by Gasteiger charge is 2.23. The Balaban J connectivity index is 1.69. The molecule has 5 nitrogen and oxygen atoms in total. The maximum absolute atomic E-state index is 12.1. The van der Waals surface area contributed by atoms with Crippen molar-refractivity contribution in [3.8, 4) is 0 Å².